The fourth-order valence-corrected chi connectivity index (χ4v) is 2.77. The molecule has 0 aliphatic carbocycles. The topological polar surface area (TPSA) is 21.3 Å². The zero-order valence-electron chi connectivity index (χ0n) is 10.6. The van der Waals surface area contributed by atoms with Gasteiger partial charge in [-0.3, -0.25) is 0 Å². The quantitative estimate of drug-likeness (QED) is 0.876. The molecule has 1 aliphatic rings. The van der Waals surface area contributed by atoms with Crippen molar-refractivity contribution >= 4 is 23.2 Å². The van der Waals surface area contributed by atoms with Crippen LogP contribution in [0.4, 0.5) is 0 Å². The Balaban J connectivity index is 1.83. The summed E-state index contributed by atoms with van der Waals surface area (Å²) in [4.78, 5) is 0. The van der Waals surface area contributed by atoms with Crippen LogP contribution in [0.3, 0.4) is 0 Å². The normalized spacial score (nSPS) is 21.2. The van der Waals surface area contributed by atoms with E-state index in [4.69, 9.17) is 27.9 Å². The minimum absolute atomic E-state index is 0.206. The SMILES string of the molecule is CC(NCCC1CCCO1)c1cccc(Cl)c1Cl. The van der Waals surface area contributed by atoms with E-state index >= 15 is 0 Å². The third-order valence-electron chi connectivity index (χ3n) is 3.39. The van der Waals surface area contributed by atoms with E-state index in [0.29, 0.717) is 16.1 Å². The van der Waals surface area contributed by atoms with Crippen LogP contribution in [0.25, 0.3) is 0 Å². The number of hydrogen-bond donors (Lipinski definition) is 1. The summed E-state index contributed by atoms with van der Waals surface area (Å²) >= 11 is 12.2. The van der Waals surface area contributed by atoms with Crippen LogP contribution in [0.5, 0.6) is 0 Å². The minimum atomic E-state index is 0.206. The fourth-order valence-electron chi connectivity index (χ4n) is 2.30. The average Bonchev–Trinajstić information content (AvgIpc) is 2.85. The summed E-state index contributed by atoms with van der Waals surface area (Å²) in [5.41, 5.74) is 1.05. The van der Waals surface area contributed by atoms with Crippen molar-refractivity contribution in [2.24, 2.45) is 0 Å². The van der Waals surface area contributed by atoms with Crippen LogP contribution in [0, 0.1) is 0 Å². The molecule has 1 aromatic rings. The molecule has 1 heterocycles. The molecule has 2 nitrogen and oxygen atoms in total. The van der Waals surface area contributed by atoms with Crippen LogP contribution in [-0.2, 0) is 4.74 Å². The largest absolute Gasteiger partial charge is 0.378 e. The van der Waals surface area contributed by atoms with Crippen LogP contribution in [0.1, 0.15) is 37.8 Å². The Bertz CT molecular complexity index is 391. The molecular formula is C14H19Cl2NO. The molecule has 1 N–H and O–H groups in total. The monoisotopic (exact) mass is 287 g/mol. The number of rotatable bonds is 5. The van der Waals surface area contributed by atoms with E-state index in [1.54, 1.807) is 0 Å². The van der Waals surface area contributed by atoms with Gasteiger partial charge in [-0.15, -0.1) is 0 Å². The summed E-state index contributed by atoms with van der Waals surface area (Å²) in [6.07, 6.45) is 3.87. The van der Waals surface area contributed by atoms with Crippen LogP contribution >= 0.6 is 23.2 Å². The summed E-state index contributed by atoms with van der Waals surface area (Å²) in [7, 11) is 0. The lowest BCUT2D eigenvalue weighted by Crippen LogP contribution is -2.23. The van der Waals surface area contributed by atoms with Crippen LogP contribution < -0.4 is 5.32 Å². The Hall–Kier alpha value is -0.280. The zero-order chi connectivity index (χ0) is 13.0. The third kappa shape index (κ3) is 3.61. The van der Waals surface area contributed by atoms with Gasteiger partial charge in [-0.2, -0.15) is 0 Å². The Kier molecular flexibility index (Phi) is 5.31. The van der Waals surface area contributed by atoms with Crippen molar-refractivity contribution < 1.29 is 4.74 Å². The molecule has 0 saturated carbocycles. The molecule has 0 radical (unpaired) electrons. The van der Waals surface area contributed by atoms with Crippen molar-refractivity contribution in [1.29, 1.82) is 0 Å². The van der Waals surface area contributed by atoms with Crippen molar-refractivity contribution in [3.8, 4) is 0 Å². The maximum atomic E-state index is 6.20. The number of ether oxygens (including phenoxy) is 1. The molecule has 2 rings (SSSR count). The molecule has 0 aromatic heterocycles. The fraction of sp³-hybridized carbons (Fsp3) is 0.571. The van der Waals surface area contributed by atoms with E-state index in [-0.39, 0.29) is 6.04 Å². The Morgan fingerprint density at radius 2 is 2.28 bits per heavy atom. The van der Waals surface area contributed by atoms with Gasteiger partial charge >= 0.3 is 0 Å². The molecule has 2 atom stereocenters. The second kappa shape index (κ2) is 6.76. The van der Waals surface area contributed by atoms with E-state index < -0.39 is 0 Å². The van der Waals surface area contributed by atoms with Gasteiger partial charge in [0.1, 0.15) is 0 Å². The molecule has 2 unspecified atom stereocenters. The third-order valence-corrected chi connectivity index (χ3v) is 4.22. The molecule has 100 valence electrons. The number of halogens is 2. The van der Waals surface area contributed by atoms with Gasteiger partial charge in [-0.1, -0.05) is 35.3 Å². The van der Waals surface area contributed by atoms with Gasteiger partial charge in [-0.05, 0) is 44.4 Å². The van der Waals surface area contributed by atoms with Crippen molar-refractivity contribution in [2.45, 2.75) is 38.3 Å². The zero-order valence-corrected chi connectivity index (χ0v) is 12.1. The van der Waals surface area contributed by atoms with Crippen LogP contribution in [0.2, 0.25) is 10.0 Å². The Labute approximate surface area is 119 Å². The van der Waals surface area contributed by atoms with Gasteiger partial charge < -0.3 is 10.1 Å². The minimum Gasteiger partial charge on any atom is -0.378 e. The Morgan fingerprint density at radius 3 is 3.00 bits per heavy atom. The molecule has 18 heavy (non-hydrogen) atoms. The Morgan fingerprint density at radius 1 is 1.44 bits per heavy atom. The first-order valence-electron chi connectivity index (χ1n) is 6.47. The molecular weight excluding hydrogens is 269 g/mol. The highest BCUT2D eigenvalue weighted by Gasteiger charge is 2.16. The summed E-state index contributed by atoms with van der Waals surface area (Å²) < 4.78 is 5.60. The standard InChI is InChI=1S/C14H19Cl2NO/c1-10(12-5-2-6-13(15)14(12)16)17-8-7-11-4-3-9-18-11/h2,5-6,10-11,17H,3-4,7-9H2,1H3. The molecule has 1 fully saturated rings. The second-order valence-electron chi connectivity index (χ2n) is 4.74. The molecule has 1 aromatic carbocycles. The smallest absolute Gasteiger partial charge is 0.0639 e. The first kappa shape index (κ1) is 14.1. The number of hydrogen-bond acceptors (Lipinski definition) is 2. The lowest BCUT2D eigenvalue weighted by Gasteiger charge is -2.17. The highest BCUT2D eigenvalue weighted by molar-refractivity contribution is 6.42. The summed E-state index contributed by atoms with van der Waals surface area (Å²) in [6, 6.07) is 5.96. The first-order chi connectivity index (χ1) is 8.68. The van der Waals surface area contributed by atoms with Crippen molar-refractivity contribution in [3.05, 3.63) is 33.8 Å². The summed E-state index contributed by atoms with van der Waals surface area (Å²) in [5, 5.41) is 4.73. The van der Waals surface area contributed by atoms with Crippen molar-refractivity contribution in [3.63, 3.8) is 0 Å². The van der Waals surface area contributed by atoms with E-state index in [1.165, 1.54) is 12.8 Å². The first-order valence-corrected chi connectivity index (χ1v) is 7.23. The number of benzene rings is 1. The maximum Gasteiger partial charge on any atom is 0.0639 e. The van der Waals surface area contributed by atoms with Gasteiger partial charge in [-0.25, -0.2) is 0 Å². The highest BCUT2D eigenvalue weighted by atomic mass is 35.5. The van der Waals surface area contributed by atoms with Crippen molar-refractivity contribution in [1.82, 2.24) is 5.32 Å². The molecule has 0 bridgehead atoms. The van der Waals surface area contributed by atoms with Gasteiger partial charge in [0.2, 0.25) is 0 Å². The van der Waals surface area contributed by atoms with Crippen LogP contribution in [0.15, 0.2) is 18.2 Å². The van der Waals surface area contributed by atoms with E-state index in [9.17, 15) is 0 Å². The lowest BCUT2D eigenvalue weighted by molar-refractivity contribution is 0.103. The van der Waals surface area contributed by atoms with E-state index in [2.05, 4.69) is 12.2 Å². The second-order valence-corrected chi connectivity index (χ2v) is 5.53. The summed E-state index contributed by atoms with van der Waals surface area (Å²) in [6.45, 7) is 3.96. The van der Waals surface area contributed by atoms with Gasteiger partial charge in [0.25, 0.3) is 0 Å². The molecule has 1 saturated heterocycles. The van der Waals surface area contributed by atoms with Gasteiger partial charge in [0.05, 0.1) is 16.1 Å². The molecule has 4 heteroatoms. The molecule has 1 aliphatic heterocycles. The average molecular weight is 288 g/mol. The predicted molar refractivity (Wildman–Crippen MR) is 76.5 cm³/mol. The highest BCUT2D eigenvalue weighted by Crippen LogP contribution is 2.29. The predicted octanol–water partition coefficient (Wildman–Crippen LogP) is 4.21. The molecule has 0 spiro atoms. The van der Waals surface area contributed by atoms with E-state index in [0.717, 1.165) is 25.1 Å². The molecule has 0 amide bonds. The lowest BCUT2D eigenvalue weighted by atomic mass is 10.1. The van der Waals surface area contributed by atoms with Gasteiger partial charge in [0, 0.05) is 12.6 Å². The summed E-state index contributed by atoms with van der Waals surface area (Å²) in [5.74, 6) is 0. The maximum absolute atomic E-state index is 6.20. The van der Waals surface area contributed by atoms with E-state index in [1.807, 2.05) is 18.2 Å². The van der Waals surface area contributed by atoms with Crippen molar-refractivity contribution in [2.75, 3.05) is 13.2 Å². The number of nitrogens with one attached hydrogen (secondary N) is 1. The van der Waals surface area contributed by atoms with Gasteiger partial charge in [0.15, 0.2) is 0 Å². The van der Waals surface area contributed by atoms with Crippen LogP contribution in [-0.4, -0.2) is 19.3 Å².